The fraction of sp³-hybridized carbons (Fsp3) is 0.438. The summed E-state index contributed by atoms with van der Waals surface area (Å²) < 4.78 is 27.6. The van der Waals surface area contributed by atoms with Gasteiger partial charge in [-0.3, -0.25) is 14.5 Å². The lowest BCUT2D eigenvalue weighted by Gasteiger charge is -2.22. The van der Waals surface area contributed by atoms with Crippen LogP contribution in [0.25, 0.3) is 11.4 Å². The molecule has 2 aromatic rings. The fourth-order valence-corrected chi connectivity index (χ4v) is 5.05. The summed E-state index contributed by atoms with van der Waals surface area (Å²) >= 11 is 5.57. The van der Waals surface area contributed by atoms with E-state index in [1.165, 1.54) is 0 Å². The average Bonchev–Trinajstić information content (AvgIpc) is 3.10. The second kappa shape index (κ2) is 7.19. The van der Waals surface area contributed by atoms with E-state index in [9.17, 15) is 8.42 Å². The molecule has 0 aromatic carbocycles. The van der Waals surface area contributed by atoms with E-state index in [1.54, 1.807) is 23.2 Å². The van der Waals surface area contributed by atoms with Gasteiger partial charge < -0.3 is 0 Å². The Kier molecular flexibility index (Phi) is 5.16. The molecule has 0 aliphatic carbocycles. The molecule has 1 fully saturated rings. The molecule has 0 bridgehead atoms. The molecule has 134 valence electrons. The molecule has 2 aromatic heterocycles. The highest BCUT2D eigenvalue weighted by Crippen LogP contribution is 2.20. The molecule has 0 radical (unpaired) electrons. The van der Waals surface area contributed by atoms with Crippen LogP contribution in [0, 0.1) is 4.77 Å². The molecule has 3 rings (SSSR count). The topological polar surface area (TPSA) is 73.0 Å². The Bertz CT molecular complexity index is 918. The minimum Gasteiger partial charge on any atom is -0.296 e. The van der Waals surface area contributed by atoms with Gasteiger partial charge in [-0.05, 0) is 37.8 Å². The van der Waals surface area contributed by atoms with E-state index in [4.69, 9.17) is 12.2 Å². The van der Waals surface area contributed by atoms with E-state index >= 15 is 0 Å². The number of pyridine rings is 1. The van der Waals surface area contributed by atoms with E-state index in [0.29, 0.717) is 24.4 Å². The van der Waals surface area contributed by atoms with Crippen molar-refractivity contribution in [1.29, 1.82) is 0 Å². The highest BCUT2D eigenvalue weighted by molar-refractivity contribution is 7.91. The summed E-state index contributed by atoms with van der Waals surface area (Å²) in [6.45, 7) is 4.77. The Morgan fingerprint density at radius 3 is 2.92 bits per heavy atom. The standard InChI is InChI=1S/C16H21N5O2S2/c1-3-8-20-15(13-5-4-7-17-10-13)18-21(16(20)24)12-19(2)14-6-9-25(22,23)11-14/h3-5,7,10,14H,1,6,8-9,11-12H2,2H3. The minimum atomic E-state index is -2.92. The van der Waals surface area contributed by atoms with Crippen molar-refractivity contribution in [3.05, 3.63) is 42.0 Å². The van der Waals surface area contributed by atoms with Crippen LogP contribution in [0.15, 0.2) is 37.2 Å². The lowest BCUT2D eigenvalue weighted by atomic mass is 10.2. The third kappa shape index (κ3) is 3.88. The van der Waals surface area contributed by atoms with Gasteiger partial charge in [-0.2, -0.15) is 5.10 Å². The van der Waals surface area contributed by atoms with E-state index < -0.39 is 9.84 Å². The fourth-order valence-electron chi connectivity index (χ4n) is 2.99. The predicted molar refractivity (Wildman–Crippen MR) is 99.3 cm³/mol. The van der Waals surface area contributed by atoms with Crippen molar-refractivity contribution in [2.75, 3.05) is 18.6 Å². The van der Waals surface area contributed by atoms with Crippen LogP contribution < -0.4 is 0 Å². The Morgan fingerprint density at radius 2 is 2.32 bits per heavy atom. The van der Waals surface area contributed by atoms with Gasteiger partial charge in [-0.1, -0.05) is 6.08 Å². The number of sulfone groups is 1. The summed E-state index contributed by atoms with van der Waals surface area (Å²) in [6.07, 6.45) is 5.87. The van der Waals surface area contributed by atoms with Gasteiger partial charge in [-0.25, -0.2) is 13.1 Å². The first-order valence-corrected chi connectivity index (χ1v) is 10.2. The van der Waals surface area contributed by atoms with Gasteiger partial charge in [0.2, 0.25) is 0 Å². The zero-order valence-corrected chi connectivity index (χ0v) is 15.7. The van der Waals surface area contributed by atoms with Crippen LogP contribution in [0.3, 0.4) is 0 Å². The molecule has 1 atom stereocenters. The van der Waals surface area contributed by atoms with E-state index in [-0.39, 0.29) is 17.5 Å². The summed E-state index contributed by atoms with van der Waals surface area (Å²) in [5.74, 6) is 1.17. The summed E-state index contributed by atoms with van der Waals surface area (Å²) in [7, 11) is -1.02. The first kappa shape index (κ1) is 18.0. The molecule has 1 aliphatic rings. The van der Waals surface area contributed by atoms with Crippen LogP contribution in [0.1, 0.15) is 6.42 Å². The van der Waals surface area contributed by atoms with Crippen LogP contribution >= 0.6 is 12.2 Å². The molecule has 3 heterocycles. The van der Waals surface area contributed by atoms with Gasteiger partial charge in [0.05, 0.1) is 18.2 Å². The first-order chi connectivity index (χ1) is 11.9. The zero-order valence-electron chi connectivity index (χ0n) is 14.1. The number of nitrogens with zero attached hydrogens (tertiary/aromatic N) is 5. The second-order valence-electron chi connectivity index (χ2n) is 6.20. The number of hydrogen-bond donors (Lipinski definition) is 0. The van der Waals surface area contributed by atoms with E-state index in [0.717, 1.165) is 11.4 Å². The smallest absolute Gasteiger partial charge is 0.199 e. The lowest BCUT2D eigenvalue weighted by Crippen LogP contribution is -2.34. The average molecular weight is 380 g/mol. The summed E-state index contributed by atoms with van der Waals surface area (Å²) in [6, 6.07) is 3.78. The Morgan fingerprint density at radius 1 is 1.52 bits per heavy atom. The molecule has 1 saturated heterocycles. The maximum Gasteiger partial charge on any atom is 0.199 e. The van der Waals surface area contributed by atoms with E-state index in [1.807, 2.05) is 28.6 Å². The molecule has 25 heavy (non-hydrogen) atoms. The van der Waals surface area contributed by atoms with Crippen LogP contribution in [-0.4, -0.2) is 57.2 Å². The third-order valence-corrected chi connectivity index (χ3v) is 6.52. The molecule has 9 heteroatoms. The van der Waals surface area contributed by atoms with Crippen molar-refractivity contribution in [3.8, 4) is 11.4 Å². The highest BCUT2D eigenvalue weighted by atomic mass is 32.2. The number of allylic oxidation sites excluding steroid dienone is 1. The summed E-state index contributed by atoms with van der Waals surface area (Å²) in [5.41, 5.74) is 0.875. The molecule has 1 unspecified atom stereocenters. The number of aromatic nitrogens is 4. The van der Waals surface area contributed by atoms with Gasteiger partial charge in [0.1, 0.15) is 0 Å². The quantitative estimate of drug-likeness (QED) is 0.562. The van der Waals surface area contributed by atoms with Crippen molar-refractivity contribution >= 4 is 22.1 Å². The molecule has 0 spiro atoms. The normalized spacial score (nSPS) is 19.4. The number of rotatable bonds is 6. The molecular weight excluding hydrogens is 358 g/mol. The van der Waals surface area contributed by atoms with Gasteiger partial charge in [0.25, 0.3) is 0 Å². The molecule has 1 aliphatic heterocycles. The maximum absolute atomic E-state index is 11.7. The van der Waals surface area contributed by atoms with Gasteiger partial charge in [-0.15, -0.1) is 6.58 Å². The molecule has 0 amide bonds. The van der Waals surface area contributed by atoms with Gasteiger partial charge >= 0.3 is 0 Å². The van der Waals surface area contributed by atoms with Crippen molar-refractivity contribution in [3.63, 3.8) is 0 Å². The largest absolute Gasteiger partial charge is 0.296 e. The van der Waals surface area contributed by atoms with Crippen molar-refractivity contribution in [2.45, 2.75) is 25.7 Å². The molecule has 0 N–H and O–H groups in total. The molecule has 7 nitrogen and oxygen atoms in total. The van der Waals surface area contributed by atoms with Crippen LogP contribution in [0.5, 0.6) is 0 Å². The van der Waals surface area contributed by atoms with Crippen LogP contribution in [0.2, 0.25) is 0 Å². The molecular formula is C16H21N5O2S2. The third-order valence-electron chi connectivity index (χ3n) is 4.34. The summed E-state index contributed by atoms with van der Waals surface area (Å²) in [4.78, 5) is 6.14. The monoisotopic (exact) mass is 379 g/mol. The Hall–Kier alpha value is -1.84. The molecule has 0 saturated carbocycles. The second-order valence-corrected chi connectivity index (χ2v) is 8.80. The predicted octanol–water partition coefficient (Wildman–Crippen LogP) is 1.74. The van der Waals surface area contributed by atoms with Crippen molar-refractivity contribution in [1.82, 2.24) is 24.2 Å². The Labute approximate surface area is 152 Å². The van der Waals surface area contributed by atoms with Crippen LogP contribution in [-0.2, 0) is 23.1 Å². The lowest BCUT2D eigenvalue weighted by molar-refractivity contribution is 0.196. The van der Waals surface area contributed by atoms with E-state index in [2.05, 4.69) is 16.7 Å². The first-order valence-electron chi connectivity index (χ1n) is 8.01. The minimum absolute atomic E-state index is 0.00158. The number of hydrogen-bond acceptors (Lipinski definition) is 6. The highest BCUT2D eigenvalue weighted by Gasteiger charge is 2.31. The Balaban J connectivity index is 1.89. The van der Waals surface area contributed by atoms with Crippen molar-refractivity contribution < 1.29 is 8.42 Å². The summed E-state index contributed by atoms with van der Waals surface area (Å²) in [5, 5.41) is 4.64. The van der Waals surface area contributed by atoms with Gasteiger partial charge in [0.15, 0.2) is 20.4 Å². The van der Waals surface area contributed by atoms with Gasteiger partial charge in [0, 0.05) is 30.5 Å². The zero-order chi connectivity index (χ0) is 18.0. The van der Waals surface area contributed by atoms with Crippen molar-refractivity contribution in [2.24, 2.45) is 0 Å². The maximum atomic E-state index is 11.7. The SMILES string of the molecule is C=CCn1c(-c2cccnc2)nn(CN(C)C2CCS(=O)(=O)C2)c1=S. The van der Waals surface area contributed by atoms with Crippen LogP contribution in [0.4, 0.5) is 0 Å².